The monoisotopic (exact) mass is 262 g/mol. The Labute approximate surface area is 114 Å². The van der Waals surface area contributed by atoms with Crippen LogP contribution in [0, 0.1) is 0 Å². The average Bonchev–Trinajstić information content (AvgIpc) is 3.23. The molecule has 0 heterocycles. The Morgan fingerprint density at radius 1 is 1.47 bits per heavy atom. The van der Waals surface area contributed by atoms with Gasteiger partial charge in [-0.1, -0.05) is 12.1 Å². The third kappa shape index (κ3) is 4.54. The Bertz CT molecular complexity index is 431. The van der Waals surface area contributed by atoms with E-state index in [-0.39, 0.29) is 6.03 Å². The number of nitrogens with two attached hydrogens (primary N) is 1. The van der Waals surface area contributed by atoms with Gasteiger partial charge in [-0.05, 0) is 37.6 Å². The minimum absolute atomic E-state index is 0.168. The second kappa shape index (κ2) is 6.54. The Balaban J connectivity index is 1.70. The number of carbonyl (C=O) groups excluding carboxylic acids is 1. The van der Waals surface area contributed by atoms with Crippen LogP contribution < -0.4 is 16.4 Å². The van der Waals surface area contributed by atoms with Crippen molar-refractivity contribution in [1.82, 2.24) is 10.2 Å². The Morgan fingerprint density at radius 3 is 2.95 bits per heavy atom. The summed E-state index contributed by atoms with van der Waals surface area (Å²) in [5, 5.41) is 5.67. The van der Waals surface area contributed by atoms with Crippen molar-refractivity contribution in [3.63, 3.8) is 0 Å². The molecule has 1 aromatic rings. The predicted molar refractivity (Wildman–Crippen MR) is 77.0 cm³/mol. The van der Waals surface area contributed by atoms with Crippen molar-refractivity contribution in [2.24, 2.45) is 5.73 Å². The molecule has 1 fully saturated rings. The maximum Gasteiger partial charge on any atom is 0.319 e. The number of benzene rings is 1. The first kappa shape index (κ1) is 13.8. The summed E-state index contributed by atoms with van der Waals surface area (Å²) in [5.41, 5.74) is 7.34. The van der Waals surface area contributed by atoms with Crippen LogP contribution in [0.5, 0.6) is 0 Å². The molecule has 0 radical (unpaired) electrons. The summed E-state index contributed by atoms with van der Waals surface area (Å²) in [7, 11) is 2.10. The lowest BCUT2D eigenvalue weighted by molar-refractivity contribution is 0.249. The van der Waals surface area contributed by atoms with E-state index in [0.29, 0.717) is 13.1 Å². The molecule has 5 nitrogen and oxygen atoms in total. The van der Waals surface area contributed by atoms with Gasteiger partial charge in [0.15, 0.2) is 0 Å². The molecule has 1 saturated carbocycles. The van der Waals surface area contributed by atoms with Crippen LogP contribution >= 0.6 is 0 Å². The van der Waals surface area contributed by atoms with Gasteiger partial charge < -0.3 is 21.3 Å². The largest absolute Gasteiger partial charge is 0.337 e. The van der Waals surface area contributed by atoms with Crippen molar-refractivity contribution in [2.75, 3.05) is 25.5 Å². The minimum atomic E-state index is -0.168. The van der Waals surface area contributed by atoms with Gasteiger partial charge in [0.1, 0.15) is 0 Å². The van der Waals surface area contributed by atoms with Crippen LogP contribution in [0.15, 0.2) is 24.3 Å². The van der Waals surface area contributed by atoms with Gasteiger partial charge in [-0.3, -0.25) is 0 Å². The normalized spacial score (nSPS) is 14.5. The lowest BCUT2D eigenvalue weighted by Crippen LogP contribution is -2.36. The first-order valence-corrected chi connectivity index (χ1v) is 6.73. The van der Waals surface area contributed by atoms with E-state index in [9.17, 15) is 4.79 Å². The Morgan fingerprint density at radius 2 is 2.26 bits per heavy atom. The fourth-order valence-corrected chi connectivity index (χ4v) is 2.00. The molecule has 2 amide bonds. The van der Waals surface area contributed by atoms with E-state index >= 15 is 0 Å². The highest BCUT2D eigenvalue weighted by molar-refractivity contribution is 5.89. The maximum absolute atomic E-state index is 11.7. The second-order valence-electron chi connectivity index (χ2n) is 5.00. The first-order valence-electron chi connectivity index (χ1n) is 6.73. The molecule has 2 rings (SSSR count). The lowest BCUT2D eigenvalue weighted by atomic mass is 10.2. The molecule has 5 heteroatoms. The number of hydrogen-bond donors (Lipinski definition) is 3. The quantitative estimate of drug-likeness (QED) is 0.725. The van der Waals surface area contributed by atoms with Crippen molar-refractivity contribution in [3.05, 3.63) is 29.8 Å². The zero-order valence-corrected chi connectivity index (χ0v) is 11.4. The SMILES string of the molecule is CN(CCNC(=O)Nc1cccc(CN)c1)C1CC1. The van der Waals surface area contributed by atoms with Crippen LogP contribution in [0.3, 0.4) is 0 Å². The number of amides is 2. The summed E-state index contributed by atoms with van der Waals surface area (Å²) in [6.45, 7) is 2.03. The van der Waals surface area contributed by atoms with Gasteiger partial charge in [-0.15, -0.1) is 0 Å². The van der Waals surface area contributed by atoms with Gasteiger partial charge in [0.2, 0.25) is 0 Å². The molecule has 0 saturated heterocycles. The molecule has 104 valence electrons. The van der Waals surface area contributed by atoms with E-state index in [1.807, 2.05) is 24.3 Å². The number of hydrogen-bond acceptors (Lipinski definition) is 3. The van der Waals surface area contributed by atoms with Crippen LogP contribution in [0.25, 0.3) is 0 Å². The molecular formula is C14H22N4O. The summed E-state index contributed by atoms with van der Waals surface area (Å²) in [6, 6.07) is 8.13. The molecule has 19 heavy (non-hydrogen) atoms. The zero-order chi connectivity index (χ0) is 13.7. The number of anilines is 1. The van der Waals surface area contributed by atoms with Crippen molar-refractivity contribution in [3.8, 4) is 0 Å². The highest BCUT2D eigenvalue weighted by Gasteiger charge is 2.25. The van der Waals surface area contributed by atoms with Crippen molar-refractivity contribution in [2.45, 2.75) is 25.4 Å². The summed E-state index contributed by atoms with van der Waals surface area (Å²) in [4.78, 5) is 14.0. The molecule has 0 aliphatic heterocycles. The number of nitrogens with zero attached hydrogens (tertiary/aromatic N) is 1. The number of carbonyl (C=O) groups is 1. The van der Waals surface area contributed by atoms with Crippen molar-refractivity contribution in [1.29, 1.82) is 0 Å². The Kier molecular flexibility index (Phi) is 4.76. The summed E-state index contributed by atoms with van der Waals surface area (Å²) in [5.74, 6) is 0. The van der Waals surface area contributed by atoms with Gasteiger partial charge in [0, 0.05) is 31.4 Å². The Hall–Kier alpha value is -1.59. The number of likely N-dealkylation sites (N-methyl/N-ethyl adjacent to an activating group) is 1. The molecule has 1 aliphatic carbocycles. The molecule has 0 bridgehead atoms. The summed E-state index contributed by atoms with van der Waals surface area (Å²) < 4.78 is 0. The number of nitrogens with one attached hydrogen (secondary N) is 2. The van der Waals surface area contributed by atoms with Crippen LogP contribution in [0.1, 0.15) is 18.4 Å². The lowest BCUT2D eigenvalue weighted by Gasteiger charge is -2.16. The topological polar surface area (TPSA) is 70.4 Å². The van der Waals surface area contributed by atoms with E-state index in [2.05, 4.69) is 22.6 Å². The van der Waals surface area contributed by atoms with Gasteiger partial charge in [-0.25, -0.2) is 4.79 Å². The molecule has 4 N–H and O–H groups in total. The average molecular weight is 262 g/mol. The first-order chi connectivity index (χ1) is 9.19. The third-order valence-electron chi connectivity index (χ3n) is 3.34. The van der Waals surface area contributed by atoms with Crippen LogP contribution in [-0.4, -0.2) is 37.1 Å². The maximum atomic E-state index is 11.7. The van der Waals surface area contributed by atoms with E-state index in [0.717, 1.165) is 23.8 Å². The van der Waals surface area contributed by atoms with Crippen LogP contribution in [0.2, 0.25) is 0 Å². The van der Waals surface area contributed by atoms with Crippen molar-refractivity contribution < 1.29 is 4.79 Å². The number of rotatable bonds is 6. The molecule has 0 unspecified atom stereocenters. The molecule has 1 aliphatic rings. The van der Waals surface area contributed by atoms with Gasteiger partial charge in [-0.2, -0.15) is 0 Å². The second-order valence-corrected chi connectivity index (χ2v) is 5.00. The minimum Gasteiger partial charge on any atom is -0.337 e. The predicted octanol–water partition coefficient (Wildman–Crippen LogP) is 1.36. The smallest absolute Gasteiger partial charge is 0.319 e. The molecule has 1 aromatic carbocycles. The molecular weight excluding hydrogens is 240 g/mol. The van der Waals surface area contributed by atoms with Crippen LogP contribution in [0.4, 0.5) is 10.5 Å². The van der Waals surface area contributed by atoms with E-state index < -0.39 is 0 Å². The van der Waals surface area contributed by atoms with Crippen molar-refractivity contribution >= 4 is 11.7 Å². The third-order valence-corrected chi connectivity index (χ3v) is 3.34. The highest BCUT2D eigenvalue weighted by Crippen LogP contribution is 2.24. The fourth-order valence-electron chi connectivity index (χ4n) is 2.00. The zero-order valence-electron chi connectivity index (χ0n) is 11.4. The molecule has 0 atom stereocenters. The fraction of sp³-hybridized carbons (Fsp3) is 0.500. The van der Waals surface area contributed by atoms with E-state index in [4.69, 9.17) is 5.73 Å². The molecule has 0 aromatic heterocycles. The van der Waals surface area contributed by atoms with Gasteiger partial charge in [0.25, 0.3) is 0 Å². The highest BCUT2D eigenvalue weighted by atomic mass is 16.2. The summed E-state index contributed by atoms with van der Waals surface area (Å²) >= 11 is 0. The van der Waals surface area contributed by atoms with E-state index in [1.165, 1.54) is 12.8 Å². The number of urea groups is 1. The van der Waals surface area contributed by atoms with Gasteiger partial charge >= 0.3 is 6.03 Å². The summed E-state index contributed by atoms with van der Waals surface area (Å²) in [6.07, 6.45) is 2.57. The molecule has 0 spiro atoms. The standard InChI is InChI=1S/C14H22N4O/c1-18(13-5-6-13)8-7-16-14(19)17-12-4-2-3-11(9-12)10-15/h2-4,9,13H,5-8,10,15H2,1H3,(H2,16,17,19). The van der Waals surface area contributed by atoms with Gasteiger partial charge in [0.05, 0.1) is 0 Å². The van der Waals surface area contributed by atoms with Crippen LogP contribution in [-0.2, 0) is 6.54 Å². The van der Waals surface area contributed by atoms with E-state index in [1.54, 1.807) is 0 Å².